The van der Waals surface area contributed by atoms with E-state index in [1.54, 1.807) is 0 Å². The molecule has 0 bridgehead atoms. The quantitative estimate of drug-likeness (QED) is 0.788. The first-order chi connectivity index (χ1) is 6.84. The summed E-state index contributed by atoms with van der Waals surface area (Å²) >= 11 is 0. The van der Waals surface area contributed by atoms with E-state index < -0.39 is 0 Å². The van der Waals surface area contributed by atoms with Crippen molar-refractivity contribution in [2.24, 2.45) is 0 Å². The van der Waals surface area contributed by atoms with Gasteiger partial charge in [-0.1, -0.05) is 30.3 Å². The fourth-order valence-corrected chi connectivity index (χ4v) is 1.82. The molecule has 1 fully saturated rings. The average molecular weight is 191 g/mol. The Hall–Kier alpha value is -0.860. The van der Waals surface area contributed by atoms with Crippen LogP contribution < -0.4 is 5.32 Å². The van der Waals surface area contributed by atoms with Gasteiger partial charge in [-0.3, -0.25) is 0 Å². The predicted octanol–water partition coefficient (Wildman–Crippen LogP) is 1.95. The summed E-state index contributed by atoms with van der Waals surface area (Å²) in [6.07, 6.45) is 1.55. The van der Waals surface area contributed by atoms with Crippen LogP contribution in [0.4, 0.5) is 0 Å². The third-order valence-electron chi connectivity index (χ3n) is 2.64. The number of benzene rings is 1. The van der Waals surface area contributed by atoms with Crippen LogP contribution in [-0.4, -0.2) is 18.8 Å². The Kier molecular flexibility index (Phi) is 3.17. The van der Waals surface area contributed by atoms with Gasteiger partial charge in [0, 0.05) is 12.6 Å². The Morgan fingerprint density at radius 2 is 2.14 bits per heavy atom. The van der Waals surface area contributed by atoms with Crippen LogP contribution in [0.5, 0.6) is 0 Å². The molecule has 1 aliphatic heterocycles. The van der Waals surface area contributed by atoms with Crippen molar-refractivity contribution in [1.82, 2.24) is 5.32 Å². The standard InChI is InChI=1S/C12H17NO/c1-10-7-12(9-14-10)13-8-11-5-3-2-4-6-11/h2-6,10,12-13H,7-9H2,1H3/t10-,12?/m1/s1. The first-order valence-electron chi connectivity index (χ1n) is 5.23. The summed E-state index contributed by atoms with van der Waals surface area (Å²) in [4.78, 5) is 0. The summed E-state index contributed by atoms with van der Waals surface area (Å²) in [6.45, 7) is 3.93. The maximum atomic E-state index is 5.49. The van der Waals surface area contributed by atoms with Gasteiger partial charge in [-0.2, -0.15) is 0 Å². The first kappa shape index (κ1) is 9.69. The zero-order chi connectivity index (χ0) is 9.80. The van der Waals surface area contributed by atoms with Crippen LogP contribution in [0, 0.1) is 0 Å². The van der Waals surface area contributed by atoms with Crippen molar-refractivity contribution in [3.8, 4) is 0 Å². The molecule has 14 heavy (non-hydrogen) atoms. The highest BCUT2D eigenvalue weighted by Crippen LogP contribution is 2.12. The second-order valence-corrected chi connectivity index (χ2v) is 3.94. The summed E-state index contributed by atoms with van der Waals surface area (Å²) in [5, 5.41) is 3.50. The predicted molar refractivity (Wildman–Crippen MR) is 57.1 cm³/mol. The van der Waals surface area contributed by atoms with E-state index in [2.05, 4.69) is 36.5 Å². The van der Waals surface area contributed by atoms with Crippen molar-refractivity contribution < 1.29 is 4.74 Å². The lowest BCUT2D eigenvalue weighted by atomic mass is 10.1. The highest BCUT2D eigenvalue weighted by atomic mass is 16.5. The Morgan fingerprint density at radius 1 is 1.36 bits per heavy atom. The Labute approximate surface area is 85.3 Å². The van der Waals surface area contributed by atoms with Gasteiger partial charge < -0.3 is 10.1 Å². The first-order valence-corrected chi connectivity index (χ1v) is 5.23. The largest absolute Gasteiger partial charge is 0.377 e. The van der Waals surface area contributed by atoms with E-state index >= 15 is 0 Å². The highest BCUT2D eigenvalue weighted by Gasteiger charge is 2.20. The number of hydrogen-bond donors (Lipinski definition) is 1. The van der Waals surface area contributed by atoms with Gasteiger partial charge in [0.1, 0.15) is 0 Å². The van der Waals surface area contributed by atoms with Gasteiger partial charge in [-0.25, -0.2) is 0 Å². The minimum Gasteiger partial charge on any atom is -0.377 e. The summed E-state index contributed by atoms with van der Waals surface area (Å²) in [6, 6.07) is 11.0. The van der Waals surface area contributed by atoms with Crippen molar-refractivity contribution >= 4 is 0 Å². The van der Waals surface area contributed by atoms with Crippen LogP contribution in [0.1, 0.15) is 18.9 Å². The minimum absolute atomic E-state index is 0.420. The maximum absolute atomic E-state index is 5.49. The number of hydrogen-bond acceptors (Lipinski definition) is 2. The van der Waals surface area contributed by atoms with Crippen molar-refractivity contribution in [3.63, 3.8) is 0 Å². The van der Waals surface area contributed by atoms with E-state index in [9.17, 15) is 0 Å². The summed E-state index contributed by atoms with van der Waals surface area (Å²) in [7, 11) is 0. The molecule has 2 nitrogen and oxygen atoms in total. The molecule has 2 atom stereocenters. The molecule has 0 aromatic heterocycles. The van der Waals surface area contributed by atoms with E-state index in [0.717, 1.165) is 19.6 Å². The Bertz CT molecular complexity index is 273. The fraction of sp³-hybridized carbons (Fsp3) is 0.500. The monoisotopic (exact) mass is 191 g/mol. The molecule has 1 aromatic rings. The van der Waals surface area contributed by atoms with Crippen molar-refractivity contribution in [3.05, 3.63) is 35.9 Å². The van der Waals surface area contributed by atoms with Gasteiger partial charge in [-0.15, -0.1) is 0 Å². The zero-order valence-electron chi connectivity index (χ0n) is 8.57. The van der Waals surface area contributed by atoms with Crippen LogP contribution in [-0.2, 0) is 11.3 Å². The third kappa shape index (κ3) is 2.56. The number of rotatable bonds is 3. The lowest BCUT2D eigenvalue weighted by Gasteiger charge is -2.10. The van der Waals surface area contributed by atoms with Crippen LogP contribution in [0.25, 0.3) is 0 Å². The Balaban J connectivity index is 1.78. The summed E-state index contributed by atoms with van der Waals surface area (Å²) in [5.41, 5.74) is 1.34. The van der Waals surface area contributed by atoms with E-state index in [1.165, 1.54) is 5.56 Å². The maximum Gasteiger partial charge on any atom is 0.0624 e. The van der Waals surface area contributed by atoms with Crippen molar-refractivity contribution in [2.75, 3.05) is 6.61 Å². The van der Waals surface area contributed by atoms with E-state index in [1.807, 2.05) is 6.07 Å². The number of nitrogens with one attached hydrogen (secondary N) is 1. The molecular formula is C12H17NO. The van der Waals surface area contributed by atoms with E-state index in [-0.39, 0.29) is 0 Å². The molecule has 1 heterocycles. The van der Waals surface area contributed by atoms with Crippen LogP contribution in [0.15, 0.2) is 30.3 Å². The molecule has 2 heteroatoms. The lowest BCUT2D eigenvalue weighted by Crippen LogP contribution is -2.28. The lowest BCUT2D eigenvalue weighted by molar-refractivity contribution is 0.122. The molecular weight excluding hydrogens is 174 g/mol. The minimum atomic E-state index is 0.420. The summed E-state index contributed by atoms with van der Waals surface area (Å²) < 4.78 is 5.49. The summed E-state index contributed by atoms with van der Waals surface area (Å²) in [5.74, 6) is 0. The van der Waals surface area contributed by atoms with E-state index in [4.69, 9.17) is 4.74 Å². The molecule has 0 radical (unpaired) electrons. The smallest absolute Gasteiger partial charge is 0.0624 e. The molecule has 0 saturated carbocycles. The van der Waals surface area contributed by atoms with Crippen LogP contribution >= 0.6 is 0 Å². The van der Waals surface area contributed by atoms with Gasteiger partial charge in [0.2, 0.25) is 0 Å². The second kappa shape index (κ2) is 4.58. The molecule has 1 aliphatic rings. The number of ether oxygens (including phenoxy) is 1. The third-order valence-corrected chi connectivity index (χ3v) is 2.64. The molecule has 1 aromatic carbocycles. The van der Waals surface area contributed by atoms with Crippen molar-refractivity contribution in [1.29, 1.82) is 0 Å². The molecule has 1 N–H and O–H groups in total. The molecule has 0 amide bonds. The van der Waals surface area contributed by atoms with Gasteiger partial charge >= 0.3 is 0 Å². The molecule has 1 saturated heterocycles. The van der Waals surface area contributed by atoms with Gasteiger partial charge in [-0.05, 0) is 18.9 Å². The molecule has 1 unspecified atom stereocenters. The van der Waals surface area contributed by atoms with E-state index in [0.29, 0.717) is 12.1 Å². The topological polar surface area (TPSA) is 21.3 Å². The normalized spacial score (nSPS) is 26.6. The van der Waals surface area contributed by atoms with Gasteiger partial charge in [0.25, 0.3) is 0 Å². The van der Waals surface area contributed by atoms with Gasteiger partial charge in [0.15, 0.2) is 0 Å². The molecule has 0 spiro atoms. The molecule has 0 aliphatic carbocycles. The average Bonchev–Trinajstić information content (AvgIpc) is 2.63. The Morgan fingerprint density at radius 3 is 2.79 bits per heavy atom. The molecule has 76 valence electrons. The van der Waals surface area contributed by atoms with Crippen molar-refractivity contribution in [2.45, 2.75) is 32.0 Å². The SMILES string of the molecule is C[C@@H]1CC(NCc2ccccc2)CO1. The highest BCUT2D eigenvalue weighted by molar-refractivity contribution is 5.14. The van der Waals surface area contributed by atoms with Crippen LogP contribution in [0.2, 0.25) is 0 Å². The molecule has 2 rings (SSSR count). The fourth-order valence-electron chi connectivity index (χ4n) is 1.82. The van der Waals surface area contributed by atoms with Crippen LogP contribution in [0.3, 0.4) is 0 Å². The van der Waals surface area contributed by atoms with Gasteiger partial charge in [0.05, 0.1) is 12.7 Å². The zero-order valence-corrected chi connectivity index (χ0v) is 8.57. The second-order valence-electron chi connectivity index (χ2n) is 3.94.